The third-order valence-corrected chi connectivity index (χ3v) is 7.00. The highest BCUT2D eigenvalue weighted by atomic mass is 16.7. The number of carbonyl (C=O) groups is 1. The predicted octanol–water partition coefficient (Wildman–Crippen LogP) is 4.85. The quantitative estimate of drug-likeness (QED) is 0.787. The lowest BCUT2D eigenvalue weighted by molar-refractivity contribution is -0.188. The van der Waals surface area contributed by atoms with Crippen LogP contribution in [-0.4, -0.2) is 37.7 Å². The van der Waals surface area contributed by atoms with Crippen LogP contribution in [0.1, 0.15) is 49.7 Å². The predicted molar refractivity (Wildman–Crippen MR) is 114 cm³/mol. The van der Waals surface area contributed by atoms with E-state index >= 15 is 0 Å². The van der Waals surface area contributed by atoms with Gasteiger partial charge in [-0.2, -0.15) is 0 Å². The summed E-state index contributed by atoms with van der Waals surface area (Å²) in [5.41, 5.74) is 4.95. The molecule has 0 bridgehead atoms. The lowest BCUT2D eigenvalue weighted by Crippen LogP contribution is -2.43. The minimum absolute atomic E-state index is 0.0931. The summed E-state index contributed by atoms with van der Waals surface area (Å²) in [6.45, 7) is 3.75. The molecule has 1 amide bonds. The Labute approximate surface area is 177 Å². The van der Waals surface area contributed by atoms with Gasteiger partial charge < -0.3 is 19.5 Å². The topological polar surface area (TPSA) is 56.8 Å². The molecule has 5 nitrogen and oxygen atoms in total. The summed E-state index contributed by atoms with van der Waals surface area (Å²) in [7, 11) is 0. The van der Waals surface area contributed by atoms with Crippen LogP contribution < -0.4 is 5.32 Å². The fraction of sp³-hybridized carbons (Fsp3) is 0.480. The van der Waals surface area contributed by atoms with Gasteiger partial charge in [0.25, 0.3) is 0 Å². The Bertz CT molecular complexity index is 867. The fourth-order valence-electron chi connectivity index (χ4n) is 5.33. The summed E-state index contributed by atoms with van der Waals surface area (Å²) in [6, 6.07) is 16.9. The molecule has 0 unspecified atom stereocenters. The third kappa shape index (κ3) is 3.61. The van der Waals surface area contributed by atoms with Crippen LogP contribution in [0, 0.1) is 5.92 Å². The van der Waals surface area contributed by atoms with E-state index in [0.29, 0.717) is 25.7 Å². The largest absolute Gasteiger partial charge is 0.449 e. The number of alkyl carbamates (subject to hydrolysis) is 1. The molecule has 1 N–H and O–H groups in total. The van der Waals surface area contributed by atoms with Gasteiger partial charge in [0.1, 0.15) is 6.61 Å². The summed E-state index contributed by atoms with van der Waals surface area (Å²) in [5, 5.41) is 3.07. The molecule has 0 atom stereocenters. The third-order valence-electron chi connectivity index (χ3n) is 7.00. The van der Waals surface area contributed by atoms with Crippen LogP contribution in [0.2, 0.25) is 0 Å². The highest BCUT2D eigenvalue weighted by Gasteiger charge is 2.41. The lowest BCUT2D eigenvalue weighted by Gasteiger charge is -2.37. The number of benzene rings is 2. The number of amides is 1. The van der Waals surface area contributed by atoms with Gasteiger partial charge in [0, 0.05) is 17.9 Å². The van der Waals surface area contributed by atoms with Gasteiger partial charge in [-0.3, -0.25) is 0 Å². The second-order valence-electron chi connectivity index (χ2n) is 8.73. The van der Waals surface area contributed by atoms with Crippen molar-refractivity contribution < 1.29 is 19.0 Å². The summed E-state index contributed by atoms with van der Waals surface area (Å²) < 4.78 is 17.3. The average Bonchev–Trinajstić information content (AvgIpc) is 3.35. The molecule has 158 valence electrons. The van der Waals surface area contributed by atoms with Gasteiger partial charge in [0.05, 0.1) is 13.2 Å². The Hall–Kier alpha value is -2.37. The summed E-state index contributed by atoms with van der Waals surface area (Å²) in [6.07, 6.45) is 3.52. The molecule has 0 spiro atoms. The molecule has 3 aliphatic rings. The number of ether oxygens (including phenoxy) is 3. The van der Waals surface area contributed by atoms with E-state index in [2.05, 4.69) is 53.8 Å². The van der Waals surface area contributed by atoms with Crippen molar-refractivity contribution in [3.8, 4) is 11.1 Å². The SMILES string of the molecule is CC1(C2CCC(NC(=O)OCC3c4ccccc4-c4ccccc43)CC2)OCCO1. The number of hydrogen-bond donors (Lipinski definition) is 1. The Morgan fingerprint density at radius 1 is 0.967 bits per heavy atom. The molecule has 2 aliphatic carbocycles. The van der Waals surface area contributed by atoms with Crippen molar-refractivity contribution in [1.82, 2.24) is 5.32 Å². The number of nitrogens with one attached hydrogen (secondary N) is 1. The molecule has 1 saturated heterocycles. The second-order valence-corrected chi connectivity index (χ2v) is 8.73. The normalized spacial score (nSPS) is 24.8. The molecule has 2 aromatic rings. The van der Waals surface area contributed by atoms with E-state index in [1.54, 1.807) is 0 Å². The monoisotopic (exact) mass is 407 g/mol. The van der Waals surface area contributed by atoms with E-state index in [1.807, 2.05) is 6.92 Å². The molecule has 2 aromatic carbocycles. The number of rotatable bonds is 4. The minimum atomic E-state index is -0.450. The van der Waals surface area contributed by atoms with Crippen molar-refractivity contribution in [2.45, 2.75) is 50.4 Å². The van der Waals surface area contributed by atoms with Gasteiger partial charge in [0.15, 0.2) is 5.79 Å². The number of carbonyl (C=O) groups excluding carboxylic acids is 1. The average molecular weight is 408 g/mol. The van der Waals surface area contributed by atoms with E-state index < -0.39 is 5.79 Å². The van der Waals surface area contributed by atoms with Crippen molar-refractivity contribution in [2.75, 3.05) is 19.8 Å². The van der Waals surface area contributed by atoms with Crippen LogP contribution in [0.15, 0.2) is 48.5 Å². The van der Waals surface area contributed by atoms with E-state index in [9.17, 15) is 4.79 Å². The Morgan fingerprint density at radius 3 is 2.13 bits per heavy atom. The van der Waals surface area contributed by atoms with E-state index in [-0.39, 0.29) is 18.1 Å². The molecule has 2 fully saturated rings. The highest BCUT2D eigenvalue weighted by molar-refractivity contribution is 5.79. The van der Waals surface area contributed by atoms with Gasteiger partial charge in [-0.05, 0) is 54.9 Å². The van der Waals surface area contributed by atoms with E-state index in [1.165, 1.54) is 22.3 Å². The first-order valence-corrected chi connectivity index (χ1v) is 11.0. The van der Waals surface area contributed by atoms with Crippen LogP contribution in [0.4, 0.5) is 4.79 Å². The summed E-state index contributed by atoms with van der Waals surface area (Å²) in [4.78, 5) is 12.5. The van der Waals surface area contributed by atoms with Crippen LogP contribution >= 0.6 is 0 Å². The molecular formula is C25H29NO4. The van der Waals surface area contributed by atoms with Crippen LogP contribution in [0.25, 0.3) is 11.1 Å². The standard InChI is InChI=1S/C25H29NO4/c1-25(29-14-15-30-25)17-10-12-18(13-11-17)26-24(27)28-16-23-21-8-4-2-6-19(21)20-7-3-5-9-22(20)23/h2-9,17-18,23H,10-16H2,1H3,(H,26,27). The number of fused-ring (bicyclic) bond motifs is 3. The summed E-state index contributed by atoms with van der Waals surface area (Å²) in [5.74, 6) is 0.0328. The smallest absolute Gasteiger partial charge is 0.407 e. The van der Waals surface area contributed by atoms with Crippen molar-refractivity contribution >= 4 is 6.09 Å². The lowest BCUT2D eigenvalue weighted by atomic mass is 9.81. The van der Waals surface area contributed by atoms with Gasteiger partial charge >= 0.3 is 6.09 Å². The van der Waals surface area contributed by atoms with E-state index in [0.717, 1.165) is 25.7 Å². The summed E-state index contributed by atoms with van der Waals surface area (Å²) >= 11 is 0. The van der Waals surface area contributed by atoms with Gasteiger partial charge in [-0.1, -0.05) is 48.5 Å². The first-order valence-electron chi connectivity index (χ1n) is 11.0. The van der Waals surface area contributed by atoms with Crippen LogP contribution in [-0.2, 0) is 14.2 Å². The molecule has 30 heavy (non-hydrogen) atoms. The molecule has 0 radical (unpaired) electrons. The zero-order chi connectivity index (χ0) is 20.6. The first kappa shape index (κ1) is 19.6. The molecular weight excluding hydrogens is 378 g/mol. The zero-order valence-electron chi connectivity index (χ0n) is 17.4. The Kier molecular flexibility index (Phi) is 5.25. The van der Waals surface area contributed by atoms with Crippen molar-refractivity contribution in [1.29, 1.82) is 0 Å². The highest BCUT2D eigenvalue weighted by Crippen LogP contribution is 2.44. The molecule has 1 saturated carbocycles. The first-order chi connectivity index (χ1) is 14.6. The van der Waals surface area contributed by atoms with Crippen LogP contribution in [0.3, 0.4) is 0 Å². The Balaban J connectivity index is 1.16. The molecule has 5 rings (SSSR count). The van der Waals surface area contributed by atoms with Gasteiger partial charge in [-0.15, -0.1) is 0 Å². The molecule has 0 aromatic heterocycles. The molecule has 1 heterocycles. The van der Waals surface area contributed by atoms with E-state index in [4.69, 9.17) is 14.2 Å². The van der Waals surface area contributed by atoms with Crippen LogP contribution in [0.5, 0.6) is 0 Å². The maximum Gasteiger partial charge on any atom is 0.407 e. The maximum atomic E-state index is 12.5. The minimum Gasteiger partial charge on any atom is -0.449 e. The molecule has 1 aliphatic heterocycles. The van der Waals surface area contributed by atoms with Gasteiger partial charge in [0.2, 0.25) is 0 Å². The maximum absolute atomic E-state index is 12.5. The fourth-order valence-corrected chi connectivity index (χ4v) is 5.33. The zero-order valence-corrected chi connectivity index (χ0v) is 17.4. The van der Waals surface area contributed by atoms with Gasteiger partial charge in [-0.25, -0.2) is 4.79 Å². The van der Waals surface area contributed by atoms with Crippen molar-refractivity contribution in [3.63, 3.8) is 0 Å². The second kappa shape index (κ2) is 8.05. The Morgan fingerprint density at radius 2 is 1.53 bits per heavy atom. The molecule has 5 heteroatoms. The number of hydrogen-bond acceptors (Lipinski definition) is 4. The van der Waals surface area contributed by atoms with Crippen molar-refractivity contribution in [2.24, 2.45) is 5.92 Å². The van der Waals surface area contributed by atoms with Crippen molar-refractivity contribution in [3.05, 3.63) is 59.7 Å².